The molecule has 1 fully saturated rings. The van der Waals surface area contributed by atoms with Crippen LogP contribution in [-0.4, -0.2) is 62.6 Å². The molecule has 0 saturated carbocycles. The minimum Gasteiger partial charge on any atom is -0.379 e. The normalized spacial score (nSPS) is 15.2. The fourth-order valence-corrected chi connectivity index (χ4v) is 5.21. The molecule has 10 nitrogen and oxygen atoms in total. The topological polar surface area (TPSA) is 135 Å². The van der Waals surface area contributed by atoms with Crippen molar-refractivity contribution in [2.75, 3.05) is 43.6 Å². The molecule has 1 aliphatic heterocycles. The Morgan fingerprint density at radius 3 is 2.65 bits per heavy atom. The average Bonchev–Trinajstić information content (AvgIpc) is 3.27. The molecule has 40 heavy (non-hydrogen) atoms. The maximum atomic E-state index is 13.1. The predicted octanol–water partition coefficient (Wildman–Crippen LogP) is 3.93. The second kappa shape index (κ2) is 14.5. The first-order valence-corrected chi connectivity index (χ1v) is 14.2. The fraction of sp³-hybridized carbons (Fsp3) is 0.379. The third kappa shape index (κ3) is 8.10. The smallest absolute Gasteiger partial charge is 0.265 e. The standard InChI is InChI=1S/C29H34N4O6S/c1-2-38-15-16-39-14-12-26(34)31-20-10-11-24-19(17-20)18-25(40-24)29(37)32-22-8-4-3-7-21(22)27(35)33-23-9-5-6-13-30-28(23)36/h3-4,7-8,10-11,17-18,23H,2,5-6,9,12-16H2,1H3,(H,30,36)(H,31,34)(H,32,37)(H,33,35). The molecule has 1 unspecified atom stereocenters. The minimum absolute atomic E-state index is 0.167. The van der Waals surface area contributed by atoms with E-state index in [0.29, 0.717) is 55.6 Å². The quantitative estimate of drug-likeness (QED) is 0.245. The fourth-order valence-electron chi connectivity index (χ4n) is 4.27. The third-order valence-electron chi connectivity index (χ3n) is 6.33. The van der Waals surface area contributed by atoms with Gasteiger partial charge in [-0.1, -0.05) is 12.1 Å². The van der Waals surface area contributed by atoms with Gasteiger partial charge in [-0.05, 0) is 68.0 Å². The molecule has 4 N–H and O–H groups in total. The number of carbonyl (C=O) groups excluding carboxylic acids is 4. The van der Waals surface area contributed by atoms with Crippen LogP contribution in [0.3, 0.4) is 0 Å². The van der Waals surface area contributed by atoms with E-state index >= 15 is 0 Å². The Bertz CT molecular complexity index is 1360. The molecule has 0 bridgehead atoms. The average molecular weight is 567 g/mol. The van der Waals surface area contributed by atoms with E-state index in [1.807, 2.05) is 19.1 Å². The van der Waals surface area contributed by atoms with Crippen LogP contribution >= 0.6 is 11.3 Å². The van der Waals surface area contributed by atoms with Crippen LogP contribution in [0.2, 0.25) is 0 Å². The molecule has 4 amide bonds. The SMILES string of the molecule is CCOCCOCCC(=O)Nc1ccc2sc(C(=O)Nc3ccccc3C(=O)NC3CCCCNC3=O)cc2c1. The predicted molar refractivity (Wildman–Crippen MR) is 155 cm³/mol. The number of para-hydroxylation sites is 1. The van der Waals surface area contributed by atoms with Crippen molar-refractivity contribution in [3.63, 3.8) is 0 Å². The van der Waals surface area contributed by atoms with E-state index in [1.165, 1.54) is 11.3 Å². The summed E-state index contributed by atoms with van der Waals surface area (Å²) in [6.45, 7) is 4.39. The van der Waals surface area contributed by atoms with E-state index in [1.54, 1.807) is 36.4 Å². The van der Waals surface area contributed by atoms with E-state index in [2.05, 4.69) is 21.3 Å². The molecular formula is C29H34N4O6S. The Balaban J connectivity index is 1.37. The number of hydrogen-bond acceptors (Lipinski definition) is 7. The van der Waals surface area contributed by atoms with Crippen molar-refractivity contribution in [1.82, 2.24) is 10.6 Å². The van der Waals surface area contributed by atoms with Crippen molar-refractivity contribution in [3.8, 4) is 0 Å². The number of anilines is 2. The summed E-state index contributed by atoms with van der Waals surface area (Å²) in [7, 11) is 0. The van der Waals surface area contributed by atoms with Crippen molar-refractivity contribution < 1.29 is 28.7 Å². The molecule has 11 heteroatoms. The van der Waals surface area contributed by atoms with Crippen molar-refractivity contribution in [3.05, 3.63) is 59.0 Å². The number of fused-ring (bicyclic) bond motifs is 1. The lowest BCUT2D eigenvalue weighted by Crippen LogP contribution is -2.45. The van der Waals surface area contributed by atoms with E-state index < -0.39 is 11.9 Å². The number of amides is 4. The van der Waals surface area contributed by atoms with Crippen molar-refractivity contribution in [2.24, 2.45) is 0 Å². The molecular weight excluding hydrogens is 532 g/mol. The molecule has 1 aliphatic rings. The van der Waals surface area contributed by atoms with Crippen molar-refractivity contribution in [1.29, 1.82) is 0 Å². The van der Waals surface area contributed by atoms with Crippen LogP contribution in [0.25, 0.3) is 10.1 Å². The van der Waals surface area contributed by atoms with Gasteiger partial charge in [-0.2, -0.15) is 0 Å². The van der Waals surface area contributed by atoms with Crippen LogP contribution in [0, 0.1) is 0 Å². The zero-order chi connectivity index (χ0) is 28.3. The van der Waals surface area contributed by atoms with E-state index in [0.717, 1.165) is 22.9 Å². The number of thiophene rings is 1. The zero-order valence-electron chi connectivity index (χ0n) is 22.4. The van der Waals surface area contributed by atoms with E-state index in [-0.39, 0.29) is 29.7 Å². The Hall–Kier alpha value is -3.80. The lowest BCUT2D eigenvalue weighted by molar-refractivity contribution is -0.122. The van der Waals surface area contributed by atoms with Gasteiger partial charge in [0, 0.05) is 23.5 Å². The highest BCUT2D eigenvalue weighted by Gasteiger charge is 2.24. The number of nitrogens with one attached hydrogen (secondary N) is 4. The van der Waals surface area contributed by atoms with Crippen LogP contribution in [0.1, 0.15) is 52.6 Å². The summed E-state index contributed by atoms with van der Waals surface area (Å²) in [5.41, 5.74) is 1.26. The van der Waals surface area contributed by atoms with Gasteiger partial charge < -0.3 is 30.7 Å². The highest BCUT2D eigenvalue weighted by Crippen LogP contribution is 2.29. The van der Waals surface area contributed by atoms with Gasteiger partial charge in [0.1, 0.15) is 6.04 Å². The summed E-state index contributed by atoms with van der Waals surface area (Å²) in [5.74, 6) is -1.14. The van der Waals surface area contributed by atoms with Crippen LogP contribution in [0.15, 0.2) is 48.5 Å². The summed E-state index contributed by atoms with van der Waals surface area (Å²) in [5, 5.41) is 12.1. The minimum atomic E-state index is -0.607. The molecule has 4 rings (SSSR count). The van der Waals surface area contributed by atoms with Gasteiger partial charge >= 0.3 is 0 Å². The van der Waals surface area contributed by atoms with E-state index in [9.17, 15) is 19.2 Å². The first-order valence-electron chi connectivity index (χ1n) is 13.4. The molecule has 1 saturated heterocycles. The Morgan fingerprint density at radius 2 is 1.80 bits per heavy atom. The lowest BCUT2D eigenvalue weighted by Gasteiger charge is -2.17. The molecule has 212 valence electrons. The first kappa shape index (κ1) is 29.2. The van der Waals surface area contributed by atoms with Crippen LogP contribution in [-0.2, 0) is 19.1 Å². The summed E-state index contributed by atoms with van der Waals surface area (Å²) in [4.78, 5) is 51.1. The molecule has 0 radical (unpaired) electrons. The van der Waals surface area contributed by atoms with Gasteiger partial charge in [-0.3, -0.25) is 19.2 Å². The van der Waals surface area contributed by atoms with Crippen LogP contribution in [0.4, 0.5) is 11.4 Å². The van der Waals surface area contributed by atoms with Crippen LogP contribution < -0.4 is 21.3 Å². The molecule has 0 aliphatic carbocycles. The first-order chi connectivity index (χ1) is 19.4. The van der Waals surface area contributed by atoms with Crippen molar-refractivity contribution >= 4 is 56.4 Å². The summed E-state index contributed by atoms with van der Waals surface area (Å²) < 4.78 is 11.5. The Kier molecular flexibility index (Phi) is 10.6. The van der Waals surface area contributed by atoms with Gasteiger partial charge in [0.05, 0.1) is 42.4 Å². The van der Waals surface area contributed by atoms with Gasteiger partial charge in [-0.25, -0.2) is 0 Å². The van der Waals surface area contributed by atoms with Crippen LogP contribution in [0.5, 0.6) is 0 Å². The number of hydrogen-bond donors (Lipinski definition) is 4. The Labute approximate surface area is 236 Å². The largest absolute Gasteiger partial charge is 0.379 e. The molecule has 3 aromatic rings. The number of benzene rings is 2. The molecule has 1 aromatic heterocycles. The zero-order valence-corrected chi connectivity index (χ0v) is 23.2. The van der Waals surface area contributed by atoms with Crippen molar-refractivity contribution in [2.45, 2.75) is 38.6 Å². The number of carbonyl (C=O) groups is 4. The van der Waals surface area contributed by atoms with E-state index in [4.69, 9.17) is 9.47 Å². The van der Waals surface area contributed by atoms with Gasteiger partial charge in [-0.15, -0.1) is 11.3 Å². The molecule has 2 heterocycles. The maximum Gasteiger partial charge on any atom is 0.265 e. The molecule has 2 aromatic carbocycles. The molecule has 0 spiro atoms. The molecule has 1 atom stereocenters. The number of rotatable bonds is 12. The summed E-state index contributed by atoms with van der Waals surface area (Å²) in [6.07, 6.45) is 2.50. The second-order valence-corrected chi connectivity index (χ2v) is 10.4. The Morgan fingerprint density at radius 1 is 0.975 bits per heavy atom. The van der Waals surface area contributed by atoms with Gasteiger partial charge in [0.2, 0.25) is 11.8 Å². The van der Waals surface area contributed by atoms with Gasteiger partial charge in [0.25, 0.3) is 11.8 Å². The third-order valence-corrected chi connectivity index (χ3v) is 7.45. The van der Waals surface area contributed by atoms with Gasteiger partial charge in [0.15, 0.2) is 0 Å². The number of ether oxygens (including phenoxy) is 2. The summed E-state index contributed by atoms with van der Waals surface area (Å²) in [6, 6.07) is 13.3. The monoisotopic (exact) mass is 566 g/mol. The highest BCUT2D eigenvalue weighted by molar-refractivity contribution is 7.20. The summed E-state index contributed by atoms with van der Waals surface area (Å²) >= 11 is 1.31. The lowest BCUT2D eigenvalue weighted by atomic mass is 10.1. The second-order valence-electron chi connectivity index (χ2n) is 9.28. The maximum absolute atomic E-state index is 13.1. The highest BCUT2D eigenvalue weighted by atomic mass is 32.1.